The fraction of sp³-hybridized carbons (Fsp3) is 0. The first-order chi connectivity index (χ1) is 6.20. The third kappa shape index (κ3) is 1.54. The second-order valence-electron chi connectivity index (χ2n) is 2.32. The first-order valence-electron chi connectivity index (χ1n) is 3.50. The monoisotopic (exact) mass is 174 g/mol. The topological polar surface area (TPSA) is 66.9 Å². The molecule has 4 nitrogen and oxygen atoms in total. The summed E-state index contributed by atoms with van der Waals surface area (Å²) in [6, 6.07) is 6.30. The lowest BCUT2D eigenvalue weighted by Crippen LogP contribution is -1.94. The van der Waals surface area contributed by atoms with Crippen molar-refractivity contribution in [1.82, 2.24) is 0 Å². The molecular formula is C9H6N2O2. The zero-order valence-electron chi connectivity index (χ0n) is 6.73. The van der Waals surface area contributed by atoms with Crippen LogP contribution >= 0.6 is 0 Å². The number of nitro groups is 1. The van der Waals surface area contributed by atoms with Gasteiger partial charge in [-0.3, -0.25) is 10.1 Å². The molecule has 0 heterocycles. The van der Waals surface area contributed by atoms with Crippen molar-refractivity contribution in [3.63, 3.8) is 0 Å². The smallest absolute Gasteiger partial charge is 0.258 e. The summed E-state index contributed by atoms with van der Waals surface area (Å²) < 4.78 is 0. The van der Waals surface area contributed by atoms with Crippen LogP contribution in [0.2, 0.25) is 0 Å². The number of hydrogen-bond acceptors (Lipinski definition) is 3. The van der Waals surface area contributed by atoms with Gasteiger partial charge in [-0.05, 0) is 12.1 Å². The zero-order chi connectivity index (χ0) is 9.84. The maximum atomic E-state index is 10.6. The van der Waals surface area contributed by atoms with E-state index < -0.39 is 4.92 Å². The molecule has 0 aromatic heterocycles. The first kappa shape index (κ1) is 8.94. The molecule has 0 atom stereocenters. The third-order valence-electron chi connectivity index (χ3n) is 1.59. The van der Waals surface area contributed by atoms with Crippen LogP contribution in [0.5, 0.6) is 0 Å². The largest absolute Gasteiger partial charge is 0.294 e. The van der Waals surface area contributed by atoms with Crippen LogP contribution in [0.1, 0.15) is 11.1 Å². The summed E-state index contributed by atoms with van der Waals surface area (Å²) in [4.78, 5) is 9.99. The van der Waals surface area contributed by atoms with Crippen LogP contribution in [0, 0.1) is 21.4 Å². The van der Waals surface area contributed by atoms with Crippen LogP contribution in [0.3, 0.4) is 0 Å². The minimum atomic E-state index is -0.574. The second-order valence-corrected chi connectivity index (χ2v) is 2.32. The van der Waals surface area contributed by atoms with Gasteiger partial charge in [-0.15, -0.1) is 0 Å². The number of nitro benzene ring substituents is 1. The van der Waals surface area contributed by atoms with Gasteiger partial charge in [0, 0.05) is 0 Å². The van der Waals surface area contributed by atoms with Gasteiger partial charge in [-0.2, -0.15) is 5.26 Å². The van der Waals surface area contributed by atoms with Crippen molar-refractivity contribution in [3.05, 3.63) is 46.0 Å². The quantitative estimate of drug-likeness (QED) is 0.509. The van der Waals surface area contributed by atoms with E-state index >= 15 is 0 Å². The number of nitriles is 1. The van der Waals surface area contributed by atoms with Crippen molar-refractivity contribution >= 4 is 11.8 Å². The van der Waals surface area contributed by atoms with Crippen LogP contribution in [0.25, 0.3) is 6.08 Å². The fourth-order valence-corrected chi connectivity index (χ4v) is 1.02. The minimum Gasteiger partial charge on any atom is -0.258 e. The number of hydrogen-bond donors (Lipinski definition) is 0. The number of rotatable bonds is 2. The predicted molar refractivity (Wildman–Crippen MR) is 47.9 cm³/mol. The minimum absolute atomic E-state index is 0.0578. The molecule has 0 saturated heterocycles. The van der Waals surface area contributed by atoms with E-state index in [1.54, 1.807) is 18.2 Å². The molecule has 0 spiro atoms. The lowest BCUT2D eigenvalue weighted by Gasteiger charge is -1.97. The van der Waals surface area contributed by atoms with Crippen LogP contribution in [0.4, 0.5) is 5.69 Å². The summed E-state index contributed by atoms with van der Waals surface area (Å²) in [5.74, 6) is 0. The third-order valence-corrected chi connectivity index (χ3v) is 1.59. The Hall–Kier alpha value is -2.15. The average molecular weight is 174 g/mol. The molecule has 0 radical (unpaired) electrons. The normalized spacial score (nSPS) is 8.85. The standard InChI is InChI=1S/C9H6N2O2/c1-2-7-4-3-5-8(6-10)9(7)11(12)13/h2-5H,1H2. The van der Waals surface area contributed by atoms with Crippen molar-refractivity contribution in [2.45, 2.75) is 0 Å². The van der Waals surface area contributed by atoms with E-state index in [1.807, 2.05) is 0 Å². The van der Waals surface area contributed by atoms with E-state index in [-0.39, 0.29) is 11.3 Å². The number of nitrogens with zero attached hydrogens (tertiary/aromatic N) is 2. The van der Waals surface area contributed by atoms with Crippen LogP contribution in [0.15, 0.2) is 24.8 Å². The summed E-state index contributed by atoms with van der Waals surface area (Å²) in [7, 11) is 0. The highest BCUT2D eigenvalue weighted by Gasteiger charge is 2.16. The Balaban J connectivity index is 3.49. The second kappa shape index (κ2) is 3.50. The van der Waals surface area contributed by atoms with E-state index in [9.17, 15) is 10.1 Å². The first-order valence-corrected chi connectivity index (χ1v) is 3.50. The zero-order valence-corrected chi connectivity index (χ0v) is 6.73. The molecule has 0 aliphatic carbocycles. The highest BCUT2D eigenvalue weighted by atomic mass is 16.6. The van der Waals surface area contributed by atoms with E-state index in [4.69, 9.17) is 5.26 Å². The average Bonchev–Trinajstić information content (AvgIpc) is 2.16. The fourth-order valence-electron chi connectivity index (χ4n) is 1.02. The summed E-state index contributed by atoms with van der Waals surface area (Å²) in [6.07, 6.45) is 1.36. The van der Waals surface area contributed by atoms with Crippen LogP contribution < -0.4 is 0 Å². The summed E-state index contributed by atoms with van der Waals surface area (Å²) in [5, 5.41) is 19.2. The molecular weight excluding hydrogens is 168 g/mol. The van der Waals surface area contributed by atoms with E-state index in [0.717, 1.165) is 0 Å². The molecule has 0 saturated carbocycles. The molecule has 1 aromatic rings. The molecule has 1 aromatic carbocycles. The van der Waals surface area contributed by atoms with Crippen molar-refractivity contribution in [1.29, 1.82) is 5.26 Å². The van der Waals surface area contributed by atoms with Crippen molar-refractivity contribution in [2.75, 3.05) is 0 Å². The van der Waals surface area contributed by atoms with Crippen molar-refractivity contribution < 1.29 is 4.92 Å². The van der Waals surface area contributed by atoms with Gasteiger partial charge in [0.1, 0.15) is 11.6 Å². The maximum Gasteiger partial charge on any atom is 0.294 e. The van der Waals surface area contributed by atoms with Crippen molar-refractivity contribution in [2.24, 2.45) is 0 Å². The Labute approximate surface area is 74.9 Å². The molecule has 0 aliphatic heterocycles. The molecule has 0 bridgehead atoms. The molecule has 0 amide bonds. The predicted octanol–water partition coefficient (Wildman–Crippen LogP) is 2.11. The van der Waals surface area contributed by atoms with E-state index in [2.05, 4.69) is 6.58 Å². The molecule has 13 heavy (non-hydrogen) atoms. The molecule has 64 valence electrons. The van der Waals surface area contributed by atoms with Gasteiger partial charge in [-0.1, -0.05) is 18.7 Å². The lowest BCUT2D eigenvalue weighted by atomic mass is 10.1. The molecule has 4 heteroatoms. The molecule has 0 unspecified atom stereocenters. The Kier molecular flexibility index (Phi) is 2.41. The maximum absolute atomic E-state index is 10.6. The summed E-state index contributed by atoms with van der Waals surface area (Å²) in [5.41, 5.74) is 0.242. The lowest BCUT2D eigenvalue weighted by molar-refractivity contribution is -0.385. The Morgan fingerprint density at radius 1 is 1.62 bits per heavy atom. The van der Waals surface area contributed by atoms with Gasteiger partial charge in [0.2, 0.25) is 0 Å². The van der Waals surface area contributed by atoms with Gasteiger partial charge in [0.05, 0.1) is 10.5 Å². The number of para-hydroxylation sites is 1. The van der Waals surface area contributed by atoms with E-state index in [1.165, 1.54) is 12.1 Å². The van der Waals surface area contributed by atoms with Crippen molar-refractivity contribution in [3.8, 4) is 6.07 Å². The highest BCUT2D eigenvalue weighted by molar-refractivity contribution is 5.65. The molecule has 0 aliphatic rings. The summed E-state index contributed by atoms with van der Waals surface area (Å²) in [6.45, 7) is 3.44. The molecule has 1 rings (SSSR count). The van der Waals surface area contributed by atoms with Gasteiger partial charge in [-0.25, -0.2) is 0 Å². The van der Waals surface area contributed by atoms with Gasteiger partial charge < -0.3 is 0 Å². The van der Waals surface area contributed by atoms with Crippen LogP contribution in [-0.2, 0) is 0 Å². The summed E-state index contributed by atoms with van der Waals surface area (Å²) >= 11 is 0. The molecule has 0 N–H and O–H groups in total. The Morgan fingerprint density at radius 3 is 2.77 bits per heavy atom. The Morgan fingerprint density at radius 2 is 2.31 bits per heavy atom. The Bertz CT molecular complexity index is 405. The van der Waals surface area contributed by atoms with Crippen LogP contribution in [-0.4, -0.2) is 4.92 Å². The highest BCUT2D eigenvalue weighted by Crippen LogP contribution is 2.23. The molecule has 0 fully saturated rings. The SMILES string of the molecule is C=Cc1cccc(C#N)c1[N+](=O)[O-]. The van der Waals surface area contributed by atoms with Gasteiger partial charge >= 0.3 is 0 Å². The van der Waals surface area contributed by atoms with Gasteiger partial charge in [0.25, 0.3) is 5.69 Å². The van der Waals surface area contributed by atoms with E-state index in [0.29, 0.717) is 5.56 Å². The van der Waals surface area contributed by atoms with Gasteiger partial charge in [0.15, 0.2) is 0 Å². The number of benzene rings is 1.